The average molecular weight is 309 g/mol. The Hall–Kier alpha value is -1.75. The largest absolute Gasteiger partial charge is 0.492 e. The molecule has 1 N–H and O–H groups in total. The molecule has 0 aromatic heterocycles. The van der Waals surface area contributed by atoms with Crippen LogP contribution in [-0.4, -0.2) is 35.5 Å². The Morgan fingerprint density at radius 1 is 1.29 bits per heavy atom. The van der Waals surface area contributed by atoms with E-state index in [0.717, 1.165) is 25.7 Å². The van der Waals surface area contributed by atoms with Crippen molar-refractivity contribution in [1.29, 1.82) is 0 Å². The Balaban J connectivity index is 1.58. The second-order valence-electron chi connectivity index (χ2n) is 5.48. The Kier molecular flexibility index (Phi) is 3.76. The fourth-order valence-electron chi connectivity index (χ4n) is 3.01. The number of carbonyl (C=O) groups excluding carboxylic acids is 2. The molecule has 3 amide bonds. The normalized spacial score (nSPS) is 20.1. The van der Waals surface area contributed by atoms with E-state index in [1.807, 2.05) is 0 Å². The van der Waals surface area contributed by atoms with Gasteiger partial charge in [0.1, 0.15) is 17.9 Å². The molecule has 0 unspecified atom stereocenters. The van der Waals surface area contributed by atoms with Crippen LogP contribution in [0.5, 0.6) is 5.75 Å². The number of halogens is 1. The van der Waals surface area contributed by atoms with Gasteiger partial charge in [-0.25, -0.2) is 4.79 Å². The molecule has 3 rings (SSSR count). The standard InChI is InChI=1S/C15H17ClN2O3/c16-11-4-3-5-12(10-11)21-9-8-18-13(19)15(17-14(18)20)6-1-2-7-15/h3-5,10H,1-2,6-9H2,(H,17,20). The number of carbonyl (C=O) groups is 2. The lowest BCUT2D eigenvalue weighted by molar-refractivity contribution is -0.131. The Morgan fingerprint density at radius 3 is 2.76 bits per heavy atom. The number of imide groups is 1. The van der Waals surface area contributed by atoms with Crippen LogP contribution in [0.1, 0.15) is 25.7 Å². The average Bonchev–Trinajstić information content (AvgIpc) is 3.00. The first-order valence-corrected chi connectivity index (χ1v) is 7.51. The van der Waals surface area contributed by atoms with Gasteiger partial charge in [0.15, 0.2) is 0 Å². The monoisotopic (exact) mass is 308 g/mol. The minimum absolute atomic E-state index is 0.111. The number of benzene rings is 1. The van der Waals surface area contributed by atoms with Crippen LogP contribution in [0.3, 0.4) is 0 Å². The fourth-order valence-corrected chi connectivity index (χ4v) is 3.19. The number of rotatable bonds is 4. The predicted molar refractivity (Wildman–Crippen MR) is 78.4 cm³/mol. The summed E-state index contributed by atoms with van der Waals surface area (Å²) in [7, 11) is 0. The molecule has 1 aliphatic heterocycles. The highest BCUT2D eigenvalue weighted by molar-refractivity contribution is 6.30. The summed E-state index contributed by atoms with van der Waals surface area (Å²) in [6.07, 6.45) is 3.45. The molecule has 2 fully saturated rings. The molecule has 1 aromatic carbocycles. The highest BCUT2D eigenvalue weighted by atomic mass is 35.5. The fraction of sp³-hybridized carbons (Fsp3) is 0.467. The van der Waals surface area contributed by atoms with E-state index in [1.54, 1.807) is 24.3 Å². The van der Waals surface area contributed by atoms with Gasteiger partial charge < -0.3 is 10.1 Å². The van der Waals surface area contributed by atoms with Gasteiger partial charge in [0.2, 0.25) is 0 Å². The van der Waals surface area contributed by atoms with E-state index in [9.17, 15) is 9.59 Å². The maximum Gasteiger partial charge on any atom is 0.325 e. The summed E-state index contributed by atoms with van der Waals surface area (Å²) in [4.78, 5) is 25.6. The molecule has 1 spiro atoms. The van der Waals surface area contributed by atoms with Crippen molar-refractivity contribution < 1.29 is 14.3 Å². The third-order valence-corrected chi connectivity index (χ3v) is 4.32. The molecule has 2 aliphatic rings. The minimum atomic E-state index is -0.646. The third kappa shape index (κ3) is 2.70. The summed E-state index contributed by atoms with van der Waals surface area (Å²) in [5.74, 6) is 0.518. The minimum Gasteiger partial charge on any atom is -0.492 e. The van der Waals surface area contributed by atoms with Crippen molar-refractivity contribution >= 4 is 23.5 Å². The number of nitrogens with one attached hydrogen (secondary N) is 1. The number of nitrogens with zero attached hydrogens (tertiary/aromatic N) is 1. The summed E-state index contributed by atoms with van der Waals surface area (Å²) in [5.41, 5.74) is -0.646. The van der Waals surface area contributed by atoms with Crippen LogP contribution >= 0.6 is 11.6 Å². The molecule has 0 bridgehead atoms. The third-order valence-electron chi connectivity index (χ3n) is 4.08. The van der Waals surface area contributed by atoms with E-state index < -0.39 is 5.54 Å². The van der Waals surface area contributed by atoms with Gasteiger partial charge in [-0.1, -0.05) is 30.5 Å². The van der Waals surface area contributed by atoms with Gasteiger partial charge in [0, 0.05) is 5.02 Å². The molecule has 1 heterocycles. The zero-order chi connectivity index (χ0) is 14.9. The smallest absolute Gasteiger partial charge is 0.325 e. The molecular weight excluding hydrogens is 292 g/mol. The molecule has 21 heavy (non-hydrogen) atoms. The lowest BCUT2D eigenvalue weighted by Crippen LogP contribution is -2.44. The second-order valence-corrected chi connectivity index (χ2v) is 5.92. The zero-order valence-electron chi connectivity index (χ0n) is 11.6. The summed E-state index contributed by atoms with van der Waals surface area (Å²) >= 11 is 5.87. The number of hydrogen-bond acceptors (Lipinski definition) is 3. The topological polar surface area (TPSA) is 58.6 Å². The Bertz CT molecular complexity index is 570. The molecule has 1 aromatic rings. The van der Waals surface area contributed by atoms with Crippen LogP contribution in [-0.2, 0) is 4.79 Å². The molecular formula is C15H17ClN2O3. The van der Waals surface area contributed by atoms with E-state index >= 15 is 0 Å². The van der Waals surface area contributed by atoms with Gasteiger partial charge >= 0.3 is 6.03 Å². The van der Waals surface area contributed by atoms with Crippen molar-refractivity contribution in [2.75, 3.05) is 13.2 Å². The van der Waals surface area contributed by atoms with Crippen molar-refractivity contribution in [3.8, 4) is 5.75 Å². The molecule has 1 saturated heterocycles. The highest BCUT2D eigenvalue weighted by Gasteiger charge is 2.52. The van der Waals surface area contributed by atoms with Crippen LogP contribution in [0, 0.1) is 0 Å². The molecule has 0 radical (unpaired) electrons. The maximum absolute atomic E-state index is 12.4. The number of amides is 3. The van der Waals surface area contributed by atoms with Crippen molar-refractivity contribution in [1.82, 2.24) is 10.2 Å². The Labute approximate surface area is 128 Å². The summed E-state index contributed by atoms with van der Waals surface area (Å²) in [5, 5.41) is 3.44. The van der Waals surface area contributed by atoms with Crippen LogP contribution in [0.15, 0.2) is 24.3 Å². The van der Waals surface area contributed by atoms with Crippen LogP contribution in [0.4, 0.5) is 4.79 Å². The molecule has 1 saturated carbocycles. The second kappa shape index (κ2) is 5.56. The van der Waals surface area contributed by atoms with Crippen LogP contribution in [0.2, 0.25) is 5.02 Å². The summed E-state index contributed by atoms with van der Waals surface area (Å²) < 4.78 is 5.54. The van der Waals surface area contributed by atoms with Crippen molar-refractivity contribution in [2.24, 2.45) is 0 Å². The lowest BCUT2D eigenvalue weighted by atomic mass is 9.98. The molecule has 1 aliphatic carbocycles. The van der Waals surface area contributed by atoms with E-state index in [-0.39, 0.29) is 25.1 Å². The van der Waals surface area contributed by atoms with Gasteiger partial charge in [-0.15, -0.1) is 0 Å². The van der Waals surface area contributed by atoms with Crippen molar-refractivity contribution in [3.05, 3.63) is 29.3 Å². The van der Waals surface area contributed by atoms with Gasteiger partial charge in [-0.05, 0) is 31.0 Å². The molecule has 6 heteroatoms. The SMILES string of the molecule is O=C1NC2(CCCC2)C(=O)N1CCOc1cccc(Cl)c1. The molecule has 5 nitrogen and oxygen atoms in total. The highest BCUT2D eigenvalue weighted by Crippen LogP contribution is 2.34. The van der Waals surface area contributed by atoms with E-state index in [0.29, 0.717) is 10.8 Å². The number of ether oxygens (including phenoxy) is 1. The van der Waals surface area contributed by atoms with Gasteiger partial charge in [0.25, 0.3) is 5.91 Å². The summed E-state index contributed by atoms with van der Waals surface area (Å²) in [6.45, 7) is 0.508. The van der Waals surface area contributed by atoms with Crippen molar-refractivity contribution in [3.63, 3.8) is 0 Å². The first-order valence-electron chi connectivity index (χ1n) is 7.13. The van der Waals surface area contributed by atoms with E-state index in [4.69, 9.17) is 16.3 Å². The van der Waals surface area contributed by atoms with Crippen LogP contribution in [0.25, 0.3) is 0 Å². The van der Waals surface area contributed by atoms with E-state index in [1.165, 1.54) is 4.90 Å². The van der Waals surface area contributed by atoms with E-state index in [2.05, 4.69) is 5.32 Å². The van der Waals surface area contributed by atoms with Gasteiger partial charge in [-0.3, -0.25) is 9.69 Å². The number of hydrogen-bond donors (Lipinski definition) is 1. The number of urea groups is 1. The molecule has 0 atom stereocenters. The van der Waals surface area contributed by atoms with Gasteiger partial charge in [0.05, 0.1) is 6.54 Å². The quantitative estimate of drug-likeness (QED) is 0.870. The first kappa shape index (κ1) is 14.2. The Morgan fingerprint density at radius 2 is 2.05 bits per heavy atom. The lowest BCUT2D eigenvalue weighted by Gasteiger charge is -2.20. The molecule has 112 valence electrons. The van der Waals surface area contributed by atoms with Crippen molar-refractivity contribution in [2.45, 2.75) is 31.2 Å². The predicted octanol–water partition coefficient (Wildman–Crippen LogP) is 2.58. The first-order chi connectivity index (χ1) is 10.1. The van der Waals surface area contributed by atoms with Gasteiger partial charge in [-0.2, -0.15) is 0 Å². The van der Waals surface area contributed by atoms with Crippen LogP contribution < -0.4 is 10.1 Å². The maximum atomic E-state index is 12.4. The summed E-state index contributed by atoms with van der Waals surface area (Å²) in [6, 6.07) is 6.73. The zero-order valence-corrected chi connectivity index (χ0v) is 12.4.